The molecule has 0 aliphatic carbocycles. The van der Waals surface area contributed by atoms with Crippen molar-refractivity contribution in [1.82, 2.24) is 14.7 Å². The summed E-state index contributed by atoms with van der Waals surface area (Å²) in [7, 11) is 0. The van der Waals surface area contributed by atoms with E-state index in [1.807, 2.05) is 36.1 Å². The SMILES string of the molecule is CCOC(=O)c1cnn(-c2ccc(C(=O)N3CCC(Oc4cc(C)ccc4C)CC3)cc2)c1C. The monoisotopic (exact) mass is 461 g/mol. The fourth-order valence-corrected chi connectivity index (χ4v) is 4.20. The summed E-state index contributed by atoms with van der Waals surface area (Å²) in [5.74, 6) is 0.560. The highest BCUT2D eigenvalue weighted by Crippen LogP contribution is 2.25. The minimum absolute atomic E-state index is 0.0149. The minimum Gasteiger partial charge on any atom is -0.490 e. The molecule has 4 rings (SSSR count). The number of benzene rings is 2. The fourth-order valence-electron chi connectivity index (χ4n) is 4.20. The first kappa shape index (κ1) is 23.5. The van der Waals surface area contributed by atoms with Crippen LogP contribution in [0.15, 0.2) is 48.7 Å². The van der Waals surface area contributed by atoms with E-state index in [9.17, 15) is 9.59 Å². The molecule has 2 heterocycles. The number of nitrogens with zero attached hydrogens (tertiary/aromatic N) is 3. The number of carbonyl (C=O) groups is 2. The van der Waals surface area contributed by atoms with Gasteiger partial charge in [-0.2, -0.15) is 5.10 Å². The number of piperidine rings is 1. The Morgan fingerprint density at radius 2 is 1.74 bits per heavy atom. The first-order chi connectivity index (χ1) is 16.4. The lowest BCUT2D eigenvalue weighted by Crippen LogP contribution is -2.41. The van der Waals surface area contributed by atoms with Crippen molar-refractivity contribution in [3.63, 3.8) is 0 Å². The Hall–Kier alpha value is -3.61. The fraction of sp³-hybridized carbons (Fsp3) is 0.370. The van der Waals surface area contributed by atoms with Crippen molar-refractivity contribution in [2.45, 2.75) is 46.6 Å². The molecule has 0 spiro atoms. The predicted octanol–water partition coefficient (Wildman–Crippen LogP) is 4.66. The van der Waals surface area contributed by atoms with E-state index in [4.69, 9.17) is 9.47 Å². The second kappa shape index (κ2) is 10.1. The van der Waals surface area contributed by atoms with Crippen LogP contribution in [0.3, 0.4) is 0 Å². The summed E-state index contributed by atoms with van der Waals surface area (Å²) in [6, 6.07) is 13.5. The van der Waals surface area contributed by atoms with Gasteiger partial charge in [-0.15, -0.1) is 0 Å². The zero-order chi connectivity index (χ0) is 24.2. The van der Waals surface area contributed by atoms with Gasteiger partial charge in [-0.1, -0.05) is 12.1 Å². The van der Waals surface area contributed by atoms with E-state index in [1.54, 1.807) is 11.6 Å². The smallest absolute Gasteiger partial charge is 0.341 e. The maximum absolute atomic E-state index is 13.0. The zero-order valence-corrected chi connectivity index (χ0v) is 20.2. The number of carbonyl (C=O) groups excluding carboxylic acids is 2. The third kappa shape index (κ3) is 4.98. The molecule has 1 fully saturated rings. The van der Waals surface area contributed by atoms with Crippen LogP contribution >= 0.6 is 0 Å². The van der Waals surface area contributed by atoms with Gasteiger partial charge in [0.15, 0.2) is 0 Å². The number of hydrogen-bond acceptors (Lipinski definition) is 5. The Kier molecular flexibility index (Phi) is 7.01. The Morgan fingerprint density at radius 3 is 2.41 bits per heavy atom. The maximum Gasteiger partial charge on any atom is 0.341 e. The average Bonchev–Trinajstić information content (AvgIpc) is 3.23. The molecular weight excluding hydrogens is 430 g/mol. The molecule has 1 aliphatic rings. The van der Waals surface area contributed by atoms with Crippen LogP contribution in [0.5, 0.6) is 5.75 Å². The molecule has 7 heteroatoms. The van der Waals surface area contributed by atoms with Crippen LogP contribution in [-0.2, 0) is 4.74 Å². The largest absolute Gasteiger partial charge is 0.490 e. The molecule has 34 heavy (non-hydrogen) atoms. The minimum atomic E-state index is -0.386. The van der Waals surface area contributed by atoms with E-state index in [-0.39, 0.29) is 18.0 Å². The first-order valence-corrected chi connectivity index (χ1v) is 11.7. The van der Waals surface area contributed by atoms with E-state index in [1.165, 1.54) is 11.8 Å². The molecule has 1 aliphatic heterocycles. The lowest BCUT2D eigenvalue weighted by molar-refractivity contribution is 0.0524. The Bertz CT molecular complexity index is 1180. The van der Waals surface area contributed by atoms with Crippen LogP contribution in [0.1, 0.15) is 57.3 Å². The van der Waals surface area contributed by atoms with Crippen molar-refractivity contribution < 1.29 is 19.1 Å². The Morgan fingerprint density at radius 1 is 1.03 bits per heavy atom. The quantitative estimate of drug-likeness (QED) is 0.499. The number of esters is 1. The standard InChI is InChI=1S/C27H31N3O4/c1-5-33-27(32)24-17-28-30(20(24)4)22-10-8-21(9-11-22)26(31)29-14-12-23(13-15-29)34-25-16-18(2)6-7-19(25)3/h6-11,16-17,23H,5,12-15H2,1-4H3. The molecular formula is C27H31N3O4. The van der Waals surface area contributed by atoms with Gasteiger partial charge in [0, 0.05) is 31.5 Å². The molecule has 0 saturated carbocycles. The molecule has 178 valence electrons. The number of aryl methyl sites for hydroxylation is 2. The first-order valence-electron chi connectivity index (χ1n) is 11.7. The summed E-state index contributed by atoms with van der Waals surface area (Å²) in [5.41, 5.74) is 4.86. The van der Waals surface area contributed by atoms with Gasteiger partial charge in [-0.25, -0.2) is 9.48 Å². The van der Waals surface area contributed by atoms with Crippen molar-refractivity contribution >= 4 is 11.9 Å². The third-order valence-corrected chi connectivity index (χ3v) is 6.23. The third-order valence-electron chi connectivity index (χ3n) is 6.23. The van der Waals surface area contributed by atoms with Gasteiger partial charge in [0.2, 0.25) is 0 Å². The summed E-state index contributed by atoms with van der Waals surface area (Å²) in [6.07, 6.45) is 3.24. The van der Waals surface area contributed by atoms with Crippen LogP contribution in [-0.4, -0.2) is 52.4 Å². The summed E-state index contributed by atoms with van der Waals surface area (Å²) in [5, 5.41) is 4.31. The van der Waals surface area contributed by atoms with Crippen LogP contribution in [0, 0.1) is 20.8 Å². The molecule has 0 N–H and O–H groups in total. The van der Waals surface area contributed by atoms with Gasteiger partial charge < -0.3 is 14.4 Å². The number of hydrogen-bond donors (Lipinski definition) is 0. The highest BCUT2D eigenvalue weighted by molar-refractivity contribution is 5.94. The van der Waals surface area contributed by atoms with Crippen LogP contribution in [0.4, 0.5) is 0 Å². The van der Waals surface area contributed by atoms with Crippen LogP contribution < -0.4 is 4.74 Å². The normalized spacial score (nSPS) is 14.2. The number of rotatable bonds is 6. The van der Waals surface area contributed by atoms with Gasteiger partial charge in [-0.05, 0) is 69.2 Å². The molecule has 3 aromatic rings. The van der Waals surface area contributed by atoms with E-state index in [0.717, 1.165) is 29.8 Å². The predicted molar refractivity (Wildman–Crippen MR) is 130 cm³/mol. The molecule has 0 bridgehead atoms. The molecule has 1 aromatic heterocycles. The van der Waals surface area contributed by atoms with Gasteiger partial charge in [0.25, 0.3) is 5.91 Å². The van der Waals surface area contributed by atoms with Crippen molar-refractivity contribution in [1.29, 1.82) is 0 Å². The van der Waals surface area contributed by atoms with Gasteiger partial charge >= 0.3 is 5.97 Å². The Labute approximate surface area is 200 Å². The summed E-state index contributed by atoms with van der Waals surface area (Å²) in [4.78, 5) is 27.0. The molecule has 0 radical (unpaired) electrons. The highest BCUT2D eigenvalue weighted by atomic mass is 16.5. The number of ether oxygens (including phenoxy) is 2. The second-order valence-electron chi connectivity index (χ2n) is 8.70. The molecule has 1 saturated heterocycles. The van der Waals surface area contributed by atoms with E-state index in [2.05, 4.69) is 37.1 Å². The van der Waals surface area contributed by atoms with E-state index >= 15 is 0 Å². The number of aromatic nitrogens is 2. The summed E-state index contributed by atoms with van der Waals surface area (Å²) < 4.78 is 13.0. The van der Waals surface area contributed by atoms with Gasteiger partial charge in [-0.3, -0.25) is 4.79 Å². The average molecular weight is 462 g/mol. The molecule has 0 atom stereocenters. The zero-order valence-electron chi connectivity index (χ0n) is 20.2. The van der Waals surface area contributed by atoms with E-state index < -0.39 is 0 Å². The lowest BCUT2D eigenvalue weighted by Gasteiger charge is -2.32. The molecule has 7 nitrogen and oxygen atoms in total. The van der Waals surface area contributed by atoms with Gasteiger partial charge in [0.05, 0.1) is 24.2 Å². The van der Waals surface area contributed by atoms with Gasteiger partial charge in [0.1, 0.15) is 17.4 Å². The van der Waals surface area contributed by atoms with Crippen molar-refractivity contribution in [2.24, 2.45) is 0 Å². The van der Waals surface area contributed by atoms with Crippen LogP contribution in [0.2, 0.25) is 0 Å². The second-order valence-corrected chi connectivity index (χ2v) is 8.70. The van der Waals surface area contributed by atoms with Crippen molar-refractivity contribution in [3.8, 4) is 11.4 Å². The topological polar surface area (TPSA) is 73.7 Å². The van der Waals surface area contributed by atoms with Crippen molar-refractivity contribution in [2.75, 3.05) is 19.7 Å². The van der Waals surface area contributed by atoms with E-state index in [0.29, 0.717) is 36.5 Å². The Balaban J connectivity index is 1.37. The maximum atomic E-state index is 13.0. The van der Waals surface area contributed by atoms with Crippen LogP contribution in [0.25, 0.3) is 5.69 Å². The molecule has 2 aromatic carbocycles. The number of amides is 1. The summed E-state index contributed by atoms with van der Waals surface area (Å²) >= 11 is 0. The highest BCUT2D eigenvalue weighted by Gasteiger charge is 2.25. The molecule has 0 unspecified atom stereocenters. The molecule has 1 amide bonds. The number of likely N-dealkylation sites (tertiary alicyclic amines) is 1. The summed E-state index contributed by atoms with van der Waals surface area (Å²) in [6.45, 7) is 9.35. The van der Waals surface area contributed by atoms with Crippen molar-refractivity contribution in [3.05, 3.63) is 76.6 Å². The lowest BCUT2D eigenvalue weighted by atomic mass is 10.1.